The van der Waals surface area contributed by atoms with Gasteiger partial charge in [-0.1, -0.05) is 52.3 Å². The highest BCUT2D eigenvalue weighted by Gasteiger charge is 2.15. The minimum atomic E-state index is 0.263. The number of ether oxygens (including phenoxy) is 1. The number of hydrogen-bond acceptors (Lipinski definition) is 1. The molecule has 2 rings (SSSR count). The third-order valence-corrected chi connectivity index (χ3v) is 3.45. The van der Waals surface area contributed by atoms with Crippen LogP contribution < -0.4 is 0 Å². The predicted octanol–water partition coefficient (Wildman–Crippen LogP) is 4.03. The largest absolute Gasteiger partial charge is 0.368 e. The fourth-order valence-corrected chi connectivity index (χ4v) is 2.34. The van der Waals surface area contributed by atoms with Gasteiger partial charge in [-0.3, -0.25) is 0 Å². The van der Waals surface area contributed by atoms with Gasteiger partial charge < -0.3 is 4.74 Å². The summed E-state index contributed by atoms with van der Waals surface area (Å²) in [6, 6.07) is 10.3. The van der Waals surface area contributed by atoms with Gasteiger partial charge in [-0.25, -0.2) is 0 Å². The molecular formula is C13H15BrO. The summed E-state index contributed by atoms with van der Waals surface area (Å²) in [7, 11) is 0. The first-order chi connectivity index (χ1) is 7.36. The molecule has 0 bridgehead atoms. The van der Waals surface area contributed by atoms with Gasteiger partial charge >= 0.3 is 0 Å². The lowest BCUT2D eigenvalue weighted by Gasteiger charge is -2.20. The molecule has 1 nitrogen and oxygen atoms in total. The van der Waals surface area contributed by atoms with Crippen LogP contribution in [0.2, 0.25) is 0 Å². The van der Waals surface area contributed by atoms with Crippen molar-refractivity contribution in [2.45, 2.75) is 32.0 Å². The maximum Gasteiger partial charge on any atom is 0.0890 e. The monoisotopic (exact) mass is 266 g/mol. The van der Waals surface area contributed by atoms with Crippen molar-refractivity contribution in [2.24, 2.45) is 0 Å². The predicted molar refractivity (Wildman–Crippen MR) is 65.9 cm³/mol. The lowest BCUT2D eigenvalue weighted by atomic mass is 10.1. The number of halogens is 1. The van der Waals surface area contributed by atoms with Gasteiger partial charge in [0.1, 0.15) is 0 Å². The molecule has 0 spiro atoms. The van der Waals surface area contributed by atoms with Crippen molar-refractivity contribution in [3.63, 3.8) is 0 Å². The second-order valence-corrected chi connectivity index (χ2v) is 4.72. The second kappa shape index (κ2) is 5.47. The fourth-order valence-electron chi connectivity index (χ4n) is 1.75. The molecule has 1 atom stereocenters. The molecular weight excluding hydrogens is 252 g/mol. The summed E-state index contributed by atoms with van der Waals surface area (Å²) in [5.74, 6) is 0. The minimum absolute atomic E-state index is 0.263. The van der Waals surface area contributed by atoms with Crippen molar-refractivity contribution < 1.29 is 4.74 Å². The summed E-state index contributed by atoms with van der Waals surface area (Å²) >= 11 is 3.56. The van der Waals surface area contributed by atoms with Gasteiger partial charge in [-0.05, 0) is 24.8 Å². The third-order valence-electron chi connectivity index (χ3n) is 2.61. The molecule has 1 unspecified atom stereocenters. The maximum atomic E-state index is 5.87. The molecule has 2 heteroatoms. The van der Waals surface area contributed by atoms with Crippen LogP contribution in [0.15, 0.2) is 40.9 Å². The van der Waals surface area contributed by atoms with Crippen molar-refractivity contribution in [1.29, 1.82) is 0 Å². The summed E-state index contributed by atoms with van der Waals surface area (Å²) in [6.45, 7) is 0.703. The van der Waals surface area contributed by atoms with Gasteiger partial charge in [-0.2, -0.15) is 0 Å². The van der Waals surface area contributed by atoms with Crippen LogP contribution in [0.4, 0.5) is 0 Å². The lowest BCUT2D eigenvalue weighted by molar-refractivity contribution is 0.0605. The Kier molecular flexibility index (Phi) is 3.98. The van der Waals surface area contributed by atoms with Gasteiger partial charge in [0.25, 0.3) is 0 Å². The molecule has 15 heavy (non-hydrogen) atoms. The average Bonchev–Trinajstić information content (AvgIpc) is 2.29. The van der Waals surface area contributed by atoms with Crippen LogP contribution in [0.5, 0.6) is 0 Å². The molecule has 0 fully saturated rings. The molecule has 0 heterocycles. The van der Waals surface area contributed by atoms with E-state index in [4.69, 9.17) is 4.74 Å². The van der Waals surface area contributed by atoms with Gasteiger partial charge in [0.15, 0.2) is 0 Å². The van der Waals surface area contributed by atoms with E-state index in [2.05, 4.69) is 34.1 Å². The van der Waals surface area contributed by atoms with E-state index in [1.54, 1.807) is 0 Å². The maximum absolute atomic E-state index is 5.87. The minimum Gasteiger partial charge on any atom is -0.368 e. The Morgan fingerprint density at radius 3 is 2.80 bits per heavy atom. The number of benzene rings is 1. The van der Waals surface area contributed by atoms with Crippen molar-refractivity contribution in [3.05, 3.63) is 46.5 Å². The molecule has 0 N–H and O–H groups in total. The van der Waals surface area contributed by atoms with E-state index in [-0.39, 0.29) is 6.10 Å². The van der Waals surface area contributed by atoms with E-state index in [1.807, 2.05) is 18.2 Å². The highest BCUT2D eigenvalue weighted by atomic mass is 79.9. The molecule has 1 aromatic rings. The summed E-state index contributed by atoms with van der Waals surface area (Å²) in [5.41, 5.74) is 1.24. The lowest BCUT2D eigenvalue weighted by Crippen LogP contribution is -2.15. The highest BCUT2D eigenvalue weighted by Crippen LogP contribution is 2.26. The average molecular weight is 267 g/mol. The topological polar surface area (TPSA) is 9.23 Å². The van der Waals surface area contributed by atoms with Crippen molar-refractivity contribution >= 4 is 15.9 Å². The Morgan fingerprint density at radius 1 is 1.27 bits per heavy atom. The SMILES string of the molecule is BrC1=CCCCC1OCc1ccccc1. The smallest absolute Gasteiger partial charge is 0.0890 e. The van der Waals surface area contributed by atoms with E-state index in [0.29, 0.717) is 6.61 Å². The molecule has 0 amide bonds. The van der Waals surface area contributed by atoms with Gasteiger partial charge in [0, 0.05) is 4.48 Å². The van der Waals surface area contributed by atoms with Crippen LogP contribution in [-0.2, 0) is 11.3 Å². The molecule has 1 aliphatic rings. The second-order valence-electron chi connectivity index (χ2n) is 3.81. The van der Waals surface area contributed by atoms with E-state index in [0.717, 1.165) is 6.42 Å². The standard InChI is InChI=1S/C13H15BrO/c14-12-8-4-5-9-13(12)15-10-11-6-2-1-3-7-11/h1-3,6-8,13H,4-5,9-10H2. The Morgan fingerprint density at radius 2 is 2.07 bits per heavy atom. The van der Waals surface area contributed by atoms with Crippen LogP contribution in [0.3, 0.4) is 0 Å². The van der Waals surface area contributed by atoms with Gasteiger partial charge in [-0.15, -0.1) is 0 Å². The van der Waals surface area contributed by atoms with Gasteiger partial charge in [0.05, 0.1) is 12.7 Å². The Labute approximate surface area is 99.3 Å². The first-order valence-corrected chi connectivity index (χ1v) is 6.16. The van der Waals surface area contributed by atoms with Crippen LogP contribution in [-0.4, -0.2) is 6.10 Å². The van der Waals surface area contributed by atoms with E-state index >= 15 is 0 Å². The van der Waals surface area contributed by atoms with Crippen molar-refractivity contribution in [3.8, 4) is 0 Å². The van der Waals surface area contributed by atoms with Crippen LogP contribution in [0.25, 0.3) is 0 Å². The van der Waals surface area contributed by atoms with Crippen molar-refractivity contribution in [1.82, 2.24) is 0 Å². The number of hydrogen-bond donors (Lipinski definition) is 0. The zero-order valence-corrected chi connectivity index (χ0v) is 10.2. The first kappa shape index (κ1) is 10.9. The highest BCUT2D eigenvalue weighted by molar-refractivity contribution is 9.11. The molecule has 1 aromatic carbocycles. The number of allylic oxidation sites excluding steroid dienone is 1. The molecule has 0 saturated carbocycles. The molecule has 80 valence electrons. The molecule has 0 aliphatic heterocycles. The molecule has 1 aliphatic carbocycles. The Bertz CT molecular complexity index is 332. The summed E-state index contributed by atoms with van der Waals surface area (Å²) in [4.78, 5) is 0. The zero-order chi connectivity index (χ0) is 10.5. The number of rotatable bonds is 3. The molecule has 0 aromatic heterocycles. The van der Waals surface area contributed by atoms with Crippen molar-refractivity contribution in [2.75, 3.05) is 0 Å². The van der Waals surface area contributed by atoms with E-state index < -0.39 is 0 Å². The normalized spacial score (nSPS) is 21.1. The third kappa shape index (κ3) is 3.18. The van der Waals surface area contributed by atoms with E-state index in [1.165, 1.54) is 22.9 Å². The summed E-state index contributed by atoms with van der Waals surface area (Å²) < 4.78 is 7.08. The molecule has 0 radical (unpaired) electrons. The summed E-state index contributed by atoms with van der Waals surface area (Å²) in [6.07, 6.45) is 6.02. The molecule has 0 saturated heterocycles. The first-order valence-electron chi connectivity index (χ1n) is 5.37. The Hall–Kier alpha value is -0.600. The van der Waals surface area contributed by atoms with Crippen LogP contribution >= 0.6 is 15.9 Å². The quantitative estimate of drug-likeness (QED) is 0.803. The fraction of sp³-hybridized carbons (Fsp3) is 0.385. The van der Waals surface area contributed by atoms with Crippen LogP contribution in [0.1, 0.15) is 24.8 Å². The van der Waals surface area contributed by atoms with Crippen LogP contribution in [0, 0.1) is 0 Å². The van der Waals surface area contributed by atoms with Gasteiger partial charge in [0.2, 0.25) is 0 Å². The zero-order valence-electron chi connectivity index (χ0n) is 8.66. The summed E-state index contributed by atoms with van der Waals surface area (Å²) in [5, 5.41) is 0. The van der Waals surface area contributed by atoms with E-state index in [9.17, 15) is 0 Å². The Balaban J connectivity index is 1.88.